The Morgan fingerprint density at radius 1 is 1.12 bits per heavy atom. The largest absolute Gasteiger partial charge is 0.391 e. The molecule has 24 heavy (non-hydrogen) atoms. The first-order valence-corrected chi connectivity index (χ1v) is 7.77. The molecule has 0 amide bonds. The molecule has 0 aliphatic carbocycles. The lowest BCUT2D eigenvalue weighted by Gasteiger charge is -2.22. The predicted octanol–water partition coefficient (Wildman–Crippen LogP) is 3.92. The van der Waals surface area contributed by atoms with E-state index in [1.165, 1.54) is 12.3 Å². The number of nitrogens with one attached hydrogen (secondary N) is 1. The lowest BCUT2D eigenvalue weighted by Crippen LogP contribution is -2.32. The van der Waals surface area contributed by atoms with Gasteiger partial charge in [-0.1, -0.05) is 30.3 Å². The summed E-state index contributed by atoms with van der Waals surface area (Å²) in [5.41, 5.74) is 1.67. The van der Waals surface area contributed by atoms with Gasteiger partial charge in [0.2, 0.25) is 0 Å². The van der Waals surface area contributed by atoms with E-state index in [0.29, 0.717) is 17.5 Å². The molecule has 0 bridgehead atoms. The van der Waals surface area contributed by atoms with Crippen LogP contribution in [0, 0.1) is 11.6 Å². The molecule has 0 saturated heterocycles. The molecule has 2 unspecified atom stereocenters. The number of benzene rings is 2. The Bertz CT molecular complexity index is 839. The molecule has 0 fully saturated rings. The zero-order valence-corrected chi connectivity index (χ0v) is 13.2. The van der Waals surface area contributed by atoms with Crippen LogP contribution in [-0.2, 0) is 6.42 Å². The number of aromatic nitrogens is 1. The second kappa shape index (κ2) is 6.93. The highest BCUT2D eigenvalue weighted by molar-refractivity contribution is 5.91. The first kappa shape index (κ1) is 16.3. The van der Waals surface area contributed by atoms with Gasteiger partial charge in [0, 0.05) is 35.8 Å². The van der Waals surface area contributed by atoms with Crippen LogP contribution >= 0.6 is 0 Å². The highest BCUT2D eigenvalue weighted by atomic mass is 19.1. The van der Waals surface area contributed by atoms with Crippen molar-refractivity contribution in [2.75, 3.05) is 5.32 Å². The van der Waals surface area contributed by atoms with Crippen LogP contribution in [0.4, 0.5) is 14.5 Å². The zero-order chi connectivity index (χ0) is 17.1. The number of aliphatic hydroxyl groups excluding tert-OH is 1. The molecule has 2 aromatic carbocycles. The lowest BCUT2D eigenvalue weighted by molar-refractivity contribution is 0.158. The first-order valence-electron chi connectivity index (χ1n) is 7.77. The Kier molecular flexibility index (Phi) is 4.71. The van der Waals surface area contributed by atoms with Crippen molar-refractivity contribution in [3.05, 3.63) is 71.9 Å². The van der Waals surface area contributed by atoms with Crippen molar-refractivity contribution < 1.29 is 13.9 Å². The molecule has 2 N–H and O–H groups in total. The minimum atomic E-state index is -0.703. The molecule has 1 heterocycles. The number of pyridine rings is 1. The highest BCUT2D eigenvalue weighted by Crippen LogP contribution is 2.26. The predicted molar refractivity (Wildman–Crippen MR) is 90.9 cm³/mol. The maximum atomic E-state index is 13.8. The molecular formula is C19H18F2N2O. The Labute approximate surface area is 139 Å². The Morgan fingerprint density at radius 3 is 2.62 bits per heavy atom. The molecule has 3 aromatic rings. The van der Waals surface area contributed by atoms with Gasteiger partial charge in [0.15, 0.2) is 5.82 Å². The summed E-state index contributed by atoms with van der Waals surface area (Å²) in [4.78, 5) is 3.96. The SMILES string of the molecule is CC(Nc1ccnc2c(F)cc(F)cc12)C(O)Cc1ccccc1. The minimum Gasteiger partial charge on any atom is -0.391 e. The van der Waals surface area contributed by atoms with Gasteiger partial charge < -0.3 is 10.4 Å². The van der Waals surface area contributed by atoms with Crippen LogP contribution in [0.3, 0.4) is 0 Å². The van der Waals surface area contributed by atoms with E-state index in [1.54, 1.807) is 6.07 Å². The normalized spacial score (nSPS) is 13.7. The fourth-order valence-electron chi connectivity index (χ4n) is 2.68. The van der Waals surface area contributed by atoms with Gasteiger partial charge in [-0.2, -0.15) is 0 Å². The third kappa shape index (κ3) is 3.51. The molecule has 5 heteroatoms. The number of fused-ring (bicyclic) bond motifs is 1. The first-order chi connectivity index (χ1) is 11.5. The second-order valence-electron chi connectivity index (χ2n) is 5.83. The van der Waals surface area contributed by atoms with E-state index in [0.717, 1.165) is 11.6 Å². The molecule has 124 valence electrons. The van der Waals surface area contributed by atoms with E-state index in [-0.39, 0.29) is 11.6 Å². The van der Waals surface area contributed by atoms with Gasteiger partial charge in [-0.05, 0) is 24.6 Å². The van der Waals surface area contributed by atoms with Crippen LogP contribution in [0.1, 0.15) is 12.5 Å². The molecular weight excluding hydrogens is 310 g/mol. The number of anilines is 1. The third-order valence-corrected chi connectivity index (χ3v) is 4.01. The zero-order valence-electron chi connectivity index (χ0n) is 13.2. The van der Waals surface area contributed by atoms with Gasteiger partial charge in [-0.15, -0.1) is 0 Å². The summed E-state index contributed by atoms with van der Waals surface area (Å²) in [6.45, 7) is 1.83. The Balaban J connectivity index is 1.81. The topological polar surface area (TPSA) is 45.2 Å². The monoisotopic (exact) mass is 328 g/mol. The van der Waals surface area contributed by atoms with Crippen molar-refractivity contribution in [1.29, 1.82) is 0 Å². The quantitative estimate of drug-likeness (QED) is 0.746. The number of nitrogens with zero attached hydrogens (tertiary/aromatic N) is 1. The van der Waals surface area contributed by atoms with Crippen LogP contribution in [-0.4, -0.2) is 22.2 Å². The number of rotatable bonds is 5. The van der Waals surface area contributed by atoms with Gasteiger partial charge in [-0.25, -0.2) is 8.78 Å². The molecule has 0 spiro atoms. The second-order valence-corrected chi connectivity index (χ2v) is 5.83. The van der Waals surface area contributed by atoms with Crippen LogP contribution in [0.25, 0.3) is 10.9 Å². The molecule has 2 atom stereocenters. The van der Waals surface area contributed by atoms with E-state index in [9.17, 15) is 13.9 Å². The van der Waals surface area contributed by atoms with Crippen molar-refractivity contribution in [2.24, 2.45) is 0 Å². The molecule has 0 saturated carbocycles. The summed E-state index contributed by atoms with van der Waals surface area (Å²) < 4.78 is 27.3. The summed E-state index contributed by atoms with van der Waals surface area (Å²) in [5.74, 6) is -1.36. The minimum absolute atomic E-state index is 0.103. The van der Waals surface area contributed by atoms with E-state index in [4.69, 9.17) is 0 Å². The lowest BCUT2D eigenvalue weighted by atomic mass is 10.0. The van der Waals surface area contributed by atoms with Crippen molar-refractivity contribution in [3.63, 3.8) is 0 Å². The fourth-order valence-corrected chi connectivity index (χ4v) is 2.68. The van der Waals surface area contributed by atoms with Gasteiger partial charge in [0.25, 0.3) is 0 Å². The Morgan fingerprint density at radius 2 is 1.88 bits per heavy atom. The van der Waals surface area contributed by atoms with Gasteiger partial charge in [0.1, 0.15) is 11.3 Å². The summed E-state index contributed by atoms with van der Waals surface area (Å²) >= 11 is 0. The molecule has 0 aliphatic rings. The maximum absolute atomic E-state index is 13.8. The van der Waals surface area contributed by atoms with Crippen molar-refractivity contribution >= 4 is 16.6 Å². The van der Waals surface area contributed by atoms with Gasteiger partial charge >= 0.3 is 0 Å². The Hall–Kier alpha value is -2.53. The summed E-state index contributed by atoms with van der Waals surface area (Å²) in [6.07, 6.45) is 1.30. The average Bonchev–Trinajstić information content (AvgIpc) is 2.56. The van der Waals surface area contributed by atoms with E-state index < -0.39 is 17.7 Å². The van der Waals surface area contributed by atoms with Crippen LogP contribution in [0.5, 0.6) is 0 Å². The van der Waals surface area contributed by atoms with Crippen LogP contribution in [0.15, 0.2) is 54.7 Å². The number of hydrogen-bond acceptors (Lipinski definition) is 3. The molecule has 0 aliphatic heterocycles. The number of aliphatic hydroxyl groups is 1. The molecule has 3 nitrogen and oxygen atoms in total. The fraction of sp³-hybridized carbons (Fsp3) is 0.211. The van der Waals surface area contributed by atoms with E-state index in [2.05, 4.69) is 10.3 Å². The highest BCUT2D eigenvalue weighted by Gasteiger charge is 2.17. The number of halogens is 2. The van der Waals surface area contributed by atoms with E-state index >= 15 is 0 Å². The van der Waals surface area contributed by atoms with E-state index in [1.807, 2.05) is 37.3 Å². The maximum Gasteiger partial charge on any atom is 0.152 e. The van der Waals surface area contributed by atoms with Crippen LogP contribution < -0.4 is 5.32 Å². The standard InChI is InChI=1S/C19H18F2N2O/c1-12(18(24)9-13-5-3-2-4-6-13)23-17-7-8-22-19-15(17)10-14(20)11-16(19)21/h2-8,10-12,18,24H,9H2,1H3,(H,22,23). The van der Waals surface area contributed by atoms with Crippen molar-refractivity contribution in [3.8, 4) is 0 Å². The summed E-state index contributed by atoms with van der Waals surface area (Å²) in [7, 11) is 0. The van der Waals surface area contributed by atoms with Crippen molar-refractivity contribution in [1.82, 2.24) is 4.98 Å². The van der Waals surface area contributed by atoms with Gasteiger partial charge in [-0.3, -0.25) is 4.98 Å². The number of hydrogen-bond donors (Lipinski definition) is 2. The average molecular weight is 328 g/mol. The summed E-state index contributed by atoms with van der Waals surface area (Å²) in [6, 6.07) is 13.0. The summed E-state index contributed by atoms with van der Waals surface area (Å²) in [5, 5.41) is 13.9. The molecule has 3 rings (SSSR count). The van der Waals surface area contributed by atoms with Crippen LogP contribution in [0.2, 0.25) is 0 Å². The van der Waals surface area contributed by atoms with Crippen molar-refractivity contribution in [2.45, 2.75) is 25.5 Å². The third-order valence-electron chi connectivity index (χ3n) is 4.01. The smallest absolute Gasteiger partial charge is 0.152 e. The molecule has 0 radical (unpaired) electrons. The van der Waals surface area contributed by atoms with Gasteiger partial charge in [0.05, 0.1) is 6.10 Å². The molecule has 1 aromatic heterocycles.